The van der Waals surface area contributed by atoms with Crippen LogP contribution in [0.5, 0.6) is 5.75 Å². The van der Waals surface area contributed by atoms with Crippen LogP contribution in [-0.4, -0.2) is 67.0 Å². The van der Waals surface area contributed by atoms with Crippen molar-refractivity contribution in [2.75, 3.05) is 27.2 Å². The number of carbonyl (C=O) groups is 2. The summed E-state index contributed by atoms with van der Waals surface area (Å²) >= 11 is 0. The Bertz CT molecular complexity index is 719. The number of likely N-dealkylation sites (N-methyl/N-ethyl adjacent to an activating group) is 1. The topological polar surface area (TPSA) is 61.9 Å². The number of nitrogens with one attached hydrogen (secondary N) is 1. The lowest BCUT2D eigenvalue weighted by Crippen LogP contribution is -2.59. The molecule has 2 fully saturated rings. The molecule has 1 aromatic rings. The number of fused-ring (bicyclic) bond motifs is 3. The van der Waals surface area contributed by atoms with Gasteiger partial charge in [0.25, 0.3) is 5.91 Å². The highest BCUT2D eigenvalue weighted by atomic mass is 16.5. The monoisotopic (exact) mass is 371 g/mol. The van der Waals surface area contributed by atoms with Crippen LogP contribution in [-0.2, 0) is 11.2 Å². The Hall–Kier alpha value is -2.08. The summed E-state index contributed by atoms with van der Waals surface area (Å²) < 4.78 is 5.56. The van der Waals surface area contributed by atoms with Crippen LogP contribution in [0.1, 0.15) is 48.0 Å². The third kappa shape index (κ3) is 3.81. The molecule has 0 spiro atoms. The van der Waals surface area contributed by atoms with Gasteiger partial charge in [-0.25, -0.2) is 0 Å². The van der Waals surface area contributed by atoms with Crippen molar-refractivity contribution in [3.63, 3.8) is 0 Å². The molecular weight excluding hydrogens is 342 g/mol. The average molecular weight is 371 g/mol. The number of hydrogen-bond acceptors (Lipinski definition) is 4. The molecule has 146 valence electrons. The van der Waals surface area contributed by atoms with E-state index >= 15 is 0 Å². The van der Waals surface area contributed by atoms with Crippen molar-refractivity contribution in [1.82, 2.24) is 15.1 Å². The quantitative estimate of drug-likeness (QED) is 0.877. The molecule has 2 bridgehead atoms. The summed E-state index contributed by atoms with van der Waals surface area (Å²) in [6, 6.07) is 6.45. The zero-order valence-electron chi connectivity index (χ0n) is 16.2. The number of ether oxygens (including phenoxy) is 1. The van der Waals surface area contributed by atoms with Crippen LogP contribution >= 0.6 is 0 Å². The maximum atomic E-state index is 13.3. The van der Waals surface area contributed by atoms with E-state index < -0.39 is 0 Å². The van der Waals surface area contributed by atoms with E-state index in [1.165, 1.54) is 0 Å². The number of rotatable bonds is 4. The van der Waals surface area contributed by atoms with Gasteiger partial charge in [-0.15, -0.1) is 0 Å². The molecule has 27 heavy (non-hydrogen) atoms. The fourth-order valence-electron chi connectivity index (χ4n) is 4.86. The first-order chi connectivity index (χ1) is 13.0. The molecular formula is C21H29N3O3. The first-order valence-corrected chi connectivity index (χ1v) is 10.0. The SMILES string of the molecule is CN(C)CC(=O)NC1C[C@H]2CCC[C@@H](C1)N2C(=O)c1ccc2c(c1)CCO2. The summed E-state index contributed by atoms with van der Waals surface area (Å²) in [4.78, 5) is 29.4. The molecule has 0 aliphatic carbocycles. The highest BCUT2D eigenvalue weighted by Crippen LogP contribution is 2.36. The number of nitrogens with zero attached hydrogens (tertiary/aromatic N) is 2. The van der Waals surface area contributed by atoms with Gasteiger partial charge in [-0.2, -0.15) is 0 Å². The van der Waals surface area contributed by atoms with Crippen LogP contribution in [0.3, 0.4) is 0 Å². The smallest absolute Gasteiger partial charge is 0.254 e. The van der Waals surface area contributed by atoms with Gasteiger partial charge in [0.2, 0.25) is 5.91 Å². The highest BCUT2D eigenvalue weighted by molar-refractivity contribution is 5.95. The number of benzene rings is 1. The molecule has 1 unspecified atom stereocenters. The van der Waals surface area contributed by atoms with Gasteiger partial charge in [0.1, 0.15) is 5.75 Å². The van der Waals surface area contributed by atoms with Gasteiger partial charge in [0, 0.05) is 30.1 Å². The van der Waals surface area contributed by atoms with E-state index in [9.17, 15) is 9.59 Å². The molecule has 3 atom stereocenters. The van der Waals surface area contributed by atoms with Crippen molar-refractivity contribution in [2.45, 2.75) is 56.7 Å². The molecule has 0 aromatic heterocycles. The van der Waals surface area contributed by atoms with Gasteiger partial charge >= 0.3 is 0 Å². The molecule has 4 rings (SSSR count). The molecule has 1 N–H and O–H groups in total. The standard InChI is InChI=1S/C21H29N3O3/c1-23(2)13-20(25)22-16-11-17-4-3-5-18(12-16)24(17)21(26)15-6-7-19-14(10-15)8-9-27-19/h6-7,10,16-18H,3-5,8-9,11-13H2,1-2H3,(H,22,25)/t16?,17-,18+. The minimum Gasteiger partial charge on any atom is -0.493 e. The Labute approximate surface area is 160 Å². The molecule has 2 amide bonds. The summed E-state index contributed by atoms with van der Waals surface area (Å²) in [6.45, 7) is 1.11. The molecule has 0 radical (unpaired) electrons. The Morgan fingerprint density at radius 3 is 2.67 bits per heavy atom. The van der Waals surface area contributed by atoms with Gasteiger partial charge in [0.15, 0.2) is 0 Å². The average Bonchev–Trinajstić information content (AvgIpc) is 3.07. The first kappa shape index (κ1) is 18.3. The summed E-state index contributed by atoms with van der Waals surface area (Å²) in [6.07, 6.45) is 5.80. The van der Waals surface area contributed by atoms with Crippen LogP contribution in [0.25, 0.3) is 0 Å². The van der Waals surface area contributed by atoms with Crippen molar-refractivity contribution >= 4 is 11.8 Å². The maximum absolute atomic E-state index is 13.3. The lowest BCUT2D eigenvalue weighted by Gasteiger charge is -2.49. The third-order valence-electron chi connectivity index (χ3n) is 5.97. The molecule has 2 saturated heterocycles. The maximum Gasteiger partial charge on any atom is 0.254 e. The van der Waals surface area contributed by atoms with Gasteiger partial charge in [-0.05, 0) is 70.0 Å². The Kier molecular flexibility index (Phi) is 5.08. The number of piperidine rings is 2. The van der Waals surface area contributed by atoms with Crippen LogP contribution in [0.15, 0.2) is 18.2 Å². The second-order valence-corrected chi connectivity index (χ2v) is 8.35. The van der Waals surface area contributed by atoms with Crippen molar-refractivity contribution in [2.24, 2.45) is 0 Å². The van der Waals surface area contributed by atoms with E-state index in [-0.39, 0.29) is 29.9 Å². The van der Waals surface area contributed by atoms with Gasteiger partial charge in [-0.3, -0.25) is 9.59 Å². The van der Waals surface area contributed by atoms with E-state index in [0.717, 1.165) is 55.4 Å². The Morgan fingerprint density at radius 1 is 1.22 bits per heavy atom. The van der Waals surface area contributed by atoms with Gasteiger partial charge in [0.05, 0.1) is 13.2 Å². The predicted octanol–water partition coefficient (Wildman–Crippen LogP) is 1.83. The second-order valence-electron chi connectivity index (χ2n) is 8.35. The van der Waals surface area contributed by atoms with Crippen molar-refractivity contribution in [3.05, 3.63) is 29.3 Å². The molecule has 3 aliphatic rings. The number of hydrogen-bond donors (Lipinski definition) is 1. The summed E-state index contributed by atoms with van der Waals surface area (Å²) in [5.74, 6) is 1.12. The normalized spacial score (nSPS) is 26.5. The molecule has 6 nitrogen and oxygen atoms in total. The number of amides is 2. The van der Waals surface area contributed by atoms with Crippen LogP contribution in [0.2, 0.25) is 0 Å². The fraction of sp³-hybridized carbons (Fsp3) is 0.619. The Balaban J connectivity index is 1.46. The minimum absolute atomic E-state index is 0.0708. The summed E-state index contributed by atoms with van der Waals surface area (Å²) in [5, 5.41) is 3.18. The zero-order chi connectivity index (χ0) is 19.0. The first-order valence-electron chi connectivity index (χ1n) is 10.0. The zero-order valence-corrected chi connectivity index (χ0v) is 16.2. The fourth-order valence-corrected chi connectivity index (χ4v) is 4.86. The van der Waals surface area contributed by atoms with Crippen LogP contribution in [0, 0.1) is 0 Å². The number of carbonyl (C=O) groups excluding carboxylic acids is 2. The molecule has 6 heteroatoms. The van der Waals surface area contributed by atoms with Crippen molar-refractivity contribution in [3.8, 4) is 5.75 Å². The van der Waals surface area contributed by atoms with Crippen LogP contribution in [0.4, 0.5) is 0 Å². The predicted molar refractivity (Wildman–Crippen MR) is 103 cm³/mol. The highest BCUT2D eigenvalue weighted by Gasteiger charge is 2.41. The van der Waals surface area contributed by atoms with E-state index in [1.807, 2.05) is 37.2 Å². The van der Waals surface area contributed by atoms with E-state index in [4.69, 9.17) is 4.74 Å². The minimum atomic E-state index is 0.0708. The van der Waals surface area contributed by atoms with E-state index in [0.29, 0.717) is 13.2 Å². The molecule has 3 aliphatic heterocycles. The van der Waals surface area contributed by atoms with Crippen molar-refractivity contribution in [1.29, 1.82) is 0 Å². The summed E-state index contributed by atoms with van der Waals surface area (Å²) in [5.41, 5.74) is 1.91. The molecule has 0 saturated carbocycles. The lowest BCUT2D eigenvalue weighted by molar-refractivity contribution is -0.123. The Morgan fingerprint density at radius 2 is 1.96 bits per heavy atom. The molecule has 1 aromatic carbocycles. The van der Waals surface area contributed by atoms with Gasteiger partial charge < -0.3 is 19.9 Å². The van der Waals surface area contributed by atoms with Gasteiger partial charge in [-0.1, -0.05) is 0 Å². The van der Waals surface area contributed by atoms with E-state index in [1.54, 1.807) is 0 Å². The third-order valence-corrected chi connectivity index (χ3v) is 5.97. The van der Waals surface area contributed by atoms with Crippen molar-refractivity contribution < 1.29 is 14.3 Å². The second kappa shape index (κ2) is 7.50. The van der Waals surface area contributed by atoms with E-state index in [2.05, 4.69) is 10.2 Å². The summed E-state index contributed by atoms with van der Waals surface area (Å²) in [7, 11) is 3.80. The molecule has 3 heterocycles. The van der Waals surface area contributed by atoms with Crippen LogP contribution < -0.4 is 10.1 Å². The lowest BCUT2D eigenvalue weighted by atomic mass is 9.81. The largest absolute Gasteiger partial charge is 0.493 e.